The van der Waals surface area contributed by atoms with Crippen molar-refractivity contribution in [2.75, 3.05) is 18.4 Å². The van der Waals surface area contributed by atoms with Crippen LogP contribution in [0, 0.1) is 17.2 Å². The van der Waals surface area contributed by atoms with Gasteiger partial charge in [-0.1, -0.05) is 0 Å². The van der Waals surface area contributed by atoms with Crippen molar-refractivity contribution in [2.24, 2.45) is 5.92 Å². The predicted molar refractivity (Wildman–Crippen MR) is 57.5 cm³/mol. The van der Waals surface area contributed by atoms with Gasteiger partial charge in [0.1, 0.15) is 17.5 Å². The molecule has 1 aliphatic heterocycles. The van der Waals surface area contributed by atoms with E-state index < -0.39 is 0 Å². The summed E-state index contributed by atoms with van der Waals surface area (Å²) in [4.78, 5) is 11.8. The summed E-state index contributed by atoms with van der Waals surface area (Å²) in [5.74, 6) is 0.379. The zero-order valence-electron chi connectivity index (χ0n) is 8.79. The summed E-state index contributed by atoms with van der Waals surface area (Å²) in [5.41, 5.74) is 0.363. The van der Waals surface area contributed by atoms with E-state index in [1.165, 1.54) is 6.20 Å². The molecule has 0 aliphatic carbocycles. The van der Waals surface area contributed by atoms with E-state index >= 15 is 0 Å². The van der Waals surface area contributed by atoms with Gasteiger partial charge in [0, 0.05) is 5.92 Å². The lowest BCUT2D eigenvalue weighted by molar-refractivity contribution is -0.120. The van der Waals surface area contributed by atoms with Crippen LogP contribution < -0.4 is 10.6 Å². The number of H-pyrrole nitrogens is 1. The van der Waals surface area contributed by atoms with Gasteiger partial charge >= 0.3 is 0 Å². The van der Waals surface area contributed by atoms with Crippen molar-refractivity contribution in [1.82, 2.24) is 15.5 Å². The van der Waals surface area contributed by atoms with E-state index in [0.29, 0.717) is 11.4 Å². The average Bonchev–Trinajstić information content (AvgIpc) is 2.77. The van der Waals surface area contributed by atoms with Gasteiger partial charge in [0.2, 0.25) is 5.91 Å². The first-order valence-corrected chi connectivity index (χ1v) is 5.26. The van der Waals surface area contributed by atoms with Crippen molar-refractivity contribution in [2.45, 2.75) is 12.8 Å². The molecule has 1 fully saturated rings. The molecule has 84 valence electrons. The highest BCUT2D eigenvalue weighted by molar-refractivity contribution is 5.92. The second kappa shape index (κ2) is 4.77. The molecule has 0 bridgehead atoms. The second-order valence-electron chi connectivity index (χ2n) is 3.78. The third-order valence-electron chi connectivity index (χ3n) is 2.72. The first kappa shape index (κ1) is 10.6. The number of amides is 1. The van der Waals surface area contributed by atoms with E-state index in [1.807, 2.05) is 6.07 Å². The Bertz CT molecular complexity index is 413. The smallest absolute Gasteiger partial charge is 0.228 e. The van der Waals surface area contributed by atoms with E-state index in [9.17, 15) is 4.79 Å². The summed E-state index contributed by atoms with van der Waals surface area (Å²) >= 11 is 0. The van der Waals surface area contributed by atoms with Gasteiger partial charge in [-0.15, -0.1) is 0 Å². The Hall–Kier alpha value is -1.87. The predicted octanol–water partition coefficient (Wildman–Crippen LogP) is 0.219. The molecule has 0 spiro atoms. The topological polar surface area (TPSA) is 93.6 Å². The van der Waals surface area contributed by atoms with E-state index in [2.05, 4.69) is 20.8 Å². The molecule has 1 aliphatic rings. The Morgan fingerprint density at radius 2 is 2.31 bits per heavy atom. The SMILES string of the molecule is N#Cc1cn[nH]c1NC(=O)C1CCNCC1. The van der Waals surface area contributed by atoms with Gasteiger partial charge in [-0.2, -0.15) is 10.4 Å². The normalized spacial score (nSPS) is 16.7. The molecule has 2 rings (SSSR count). The largest absolute Gasteiger partial charge is 0.317 e. The van der Waals surface area contributed by atoms with Gasteiger partial charge in [-0.25, -0.2) is 0 Å². The van der Waals surface area contributed by atoms with Crippen LogP contribution in [0.15, 0.2) is 6.20 Å². The fourth-order valence-electron chi connectivity index (χ4n) is 1.78. The lowest BCUT2D eigenvalue weighted by Crippen LogP contribution is -2.34. The van der Waals surface area contributed by atoms with Crippen LogP contribution in [0.25, 0.3) is 0 Å². The van der Waals surface area contributed by atoms with Crippen LogP contribution in [0.1, 0.15) is 18.4 Å². The molecule has 1 saturated heterocycles. The number of aromatic amines is 1. The zero-order valence-corrected chi connectivity index (χ0v) is 8.79. The van der Waals surface area contributed by atoms with Crippen LogP contribution in [0.2, 0.25) is 0 Å². The fraction of sp³-hybridized carbons (Fsp3) is 0.500. The number of aromatic nitrogens is 2. The summed E-state index contributed by atoms with van der Waals surface area (Å²) in [6.07, 6.45) is 3.07. The lowest BCUT2D eigenvalue weighted by Gasteiger charge is -2.21. The number of hydrogen-bond acceptors (Lipinski definition) is 4. The van der Waals surface area contributed by atoms with Crippen molar-refractivity contribution < 1.29 is 4.79 Å². The van der Waals surface area contributed by atoms with Gasteiger partial charge in [0.15, 0.2) is 0 Å². The minimum absolute atomic E-state index is 0.0242. The molecule has 1 aromatic heterocycles. The Kier molecular flexibility index (Phi) is 3.17. The molecule has 0 atom stereocenters. The minimum atomic E-state index is -0.0396. The summed E-state index contributed by atoms with van der Waals surface area (Å²) < 4.78 is 0. The van der Waals surface area contributed by atoms with Crippen LogP contribution in [0.4, 0.5) is 5.82 Å². The van der Waals surface area contributed by atoms with Gasteiger partial charge in [0.05, 0.1) is 6.20 Å². The Labute approximate surface area is 93.0 Å². The molecule has 0 saturated carbocycles. The van der Waals surface area contributed by atoms with Gasteiger partial charge in [-0.3, -0.25) is 9.89 Å². The van der Waals surface area contributed by atoms with Crippen LogP contribution in [-0.2, 0) is 4.79 Å². The van der Waals surface area contributed by atoms with Crippen LogP contribution in [-0.4, -0.2) is 29.2 Å². The standard InChI is InChI=1S/C10H13N5O/c11-5-8-6-13-15-9(8)14-10(16)7-1-3-12-4-2-7/h6-7,12H,1-4H2,(H2,13,14,15,16). The number of anilines is 1. The van der Waals surface area contributed by atoms with Crippen molar-refractivity contribution in [3.05, 3.63) is 11.8 Å². The maximum absolute atomic E-state index is 11.8. The molecule has 0 aromatic carbocycles. The second-order valence-corrected chi connectivity index (χ2v) is 3.78. The Balaban J connectivity index is 1.99. The molecular formula is C10H13N5O. The maximum Gasteiger partial charge on any atom is 0.228 e. The number of nitrogens with zero attached hydrogens (tertiary/aromatic N) is 2. The number of piperidine rings is 1. The molecule has 6 nitrogen and oxygen atoms in total. The maximum atomic E-state index is 11.8. The van der Waals surface area contributed by atoms with E-state index in [0.717, 1.165) is 25.9 Å². The molecular weight excluding hydrogens is 206 g/mol. The highest BCUT2D eigenvalue weighted by atomic mass is 16.2. The van der Waals surface area contributed by atoms with Gasteiger partial charge in [0.25, 0.3) is 0 Å². The van der Waals surface area contributed by atoms with Crippen LogP contribution in [0.3, 0.4) is 0 Å². The van der Waals surface area contributed by atoms with Crippen molar-refractivity contribution >= 4 is 11.7 Å². The van der Waals surface area contributed by atoms with Crippen LogP contribution in [0.5, 0.6) is 0 Å². The number of nitrogens with one attached hydrogen (secondary N) is 3. The molecule has 3 N–H and O–H groups in total. The van der Waals surface area contributed by atoms with Crippen LogP contribution >= 0.6 is 0 Å². The molecule has 16 heavy (non-hydrogen) atoms. The van der Waals surface area contributed by atoms with Gasteiger partial charge < -0.3 is 10.6 Å². The first-order valence-electron chi connectivity index (χ1n) is 5.26. The average molecular weight is 219 g/mol. The zero-order chi connectivity index (χ0) is 11.4. The molecule has 2 heterocycles. The number of hydrogen-bond donors (Lipinski definition) is 3. The number of rotatable bonds is 2. The highest BCUT2D eigenvalue weighted by Gasteiger charge is 2.21. The van der Waals surface area contributed by atoms with E-state index in [4.69, 9.17) is 5.26 Å². The minimum Gasteiger partial charge on any atom is -0.317 e. The van der Waals surface area contributed by atoms with Crippen molar-refractivity contribution in [3.8, 4) is 6.07 Å². The van der Waals surface area contributed by atoms with Crippen molar-refractivity contribution in [1.29, 1.82) is 5.26 Å². The quantitative estimate of drug-likeness (QED) is 0.663. The third-order valence-corrected chi connectivity index (χ3v) is 2.72. The summed E-state index contributed by atoms with van der Waals surface area (Å²) in [7, 11) is 0. The highest BCUT2D eigenvalue weighted by Crippen LogP contribution is 2.16. The molecule has 0 unspecified atom stereocenters. The fourth-order valence-corrected chi connectivity index (χ4v) is 1.78. The third kappa shape index (κ3) is 2.20. The molecule has 0 radical (unpaired) electrons. The molecule has 6 heteroatoms. The Morgan fingerprint density at radius 1 is 1.56 bits per heavy atom. The monoisotopic (exact) mass is 219 g/mol. The molecule has 1 amide bonds. The first-order chi connectivity index (χ1) is 7.81. The number of carbonyl (C=O) groups excluding carboxylic acids is 1. The molecule has 1 aromatic rings. The summed E-state index contributed by atoms with van der Waals surface area (Å²) in [6, 6.07) is 1.96. The van der Waals surface area contributed by atoms with Gasteiger partial charge in [-0.05, 0) is 25.9 Å². The van der Waals surface area contributed by atoms with Crippen molar-refractivity contribution in [3.63, 3.8) is 0 Å². The lowest BCUT2D eigenvalue weighted by atomic mass is 9.97. The number of carbonyl (C=O) groups is 1. The summed E-state index contributed by atoms with van der Waals surface area (Å²) in [5, 5.41) is 21.0. The Morgan fingerprint density at radius 3 is 3.00 bits per heavy atom. The number of nitriles is 1. The van der Waals surface area contributed by atoms with E-state index in [-0.39, 0.29) is 11.8 Å². The van der Waals surface area contributed by atoms with E-state index in [1.54, 1.807) is 0 Å². The summed E-state index contributed by atoms with van der Waals surface area (Å²) in [6.45, 7) is 1.73.